The number of nitriles is 1. The van der Waals surface area contributed by atoms with Crippen molar-refractivity contribution < 1.29 is 28.3 Å². The summed E-state index contributed by atoms with van der Waals surface area (Å²) in [5.41, 5.74) is 0.595. The maximum Gasteiger partial charge on any atom is 0.339 e. The molecule has 7 rings (SSSR count). The number of ether oxygens (including phenoxy) is 1. The molecule has 2 heterocycles. The fourth-order valence-corrected chi connectivity index (χ4v) is 7.69. The zero-order valence-electron chi connectivity index (χ0n) is 21.6. The molecule has 4 bridgehead atoms. The third-order valence-electron chi connectivity index (χ3n) is 9.06. The highest BCUT2D eigenvalue weighted by Crippen LogP contribution is 2.62. The number of hydrogen-bond donors (Lipinski definition) is 1. The number of benzene rings is 1. The second-order valence-electron chi connectivity index (χ2n) is 11.5. The number of barbiturate groups is 1. The summed E-state index contributed by atoms with van der Waals surface area (Å²) in [7, 11) is 0. The monoisotopic (exact) mass is 527 g/mol. The van der Waals surface area contributed by atoms with E-state index in [0.29, 0.717) is 29.1 Å². The van der Waals surface area contributed by atoms with Gasteiger partial charge in [0.25, 0.3) is 11.8 Å². The number of amides is 4. The Labute approximate surface area is 225 Å². The minimum absolute atomic E-state index is 0.0928. The summed E-state index contributed by atoms with van der Waals surface area (Å²) in [6.45, 7) is 1.61. The van der Waals surface area contributed by atoms with Crippen LogP contribution in [0.3, 0.4) is 0 Å². The Morgan fingerprint density at radius 1 is 1.15 bits per heavy atom. The predicted octanol–water partition coefficient (Wildman–Crippen LogP) is 4.69. The maximum absolute atomic E-state index is 13.6. The van der Waals surface area contributed by atoms with Crippen LogP contribution in [0.1, 0.15) is 61.6 Å². The maximum atomic E-state index is 13.6. The van der Waals surface area contributed by atoms with Gasteiger partial charge in [0.2, 0.25) is 0 Å². The Kier molecular flexibility index (Phi) is 6.13. The van der Waals surface area contributed by atoms with Gasteiger partial charge in [0.05, 0.1) is 5.56 Å². The van der Waals surface area contributed by atoms with Gasteiger partial charge in [0.1, 0.15) is 23.2 Å². The van der Waals surface area contributed by atoms with Crippen molar-refractivity contribution in [3.05, 3.63) is 53.3 Å². The highest BCUT2D eigenvalue weighted by molar-refractivity contribution is 6.31. The summed E-state index contributed by atoms with van der Waals surface area (Å²) in [4.78, 5) is 52.7. The predicted molar refractivity (Wildman–Crippen MR) is 138 cm³/mol. The number of imide groups is 2. The number of carbonyl (C=O) groups excluding carboxylic acids is 4. The van der Waals surface area contributed by atoms with Crippen molar-refractivity contribution in [3.8, 4) is 17.4 Å². The summed E-state index contributed by atoms with van der Waals surface area (Å²) in [6.07, 6.45) is 8.18. The largest absolute Gasteiger partial charge is 0.457 e. The van der Waals surface area contributed by atoms with E-state index in [-0.39, 0.29) is 35.0 Å². The molecular formula is C30H29N3O6. The molecule has 1 aromatic heterocycles. The van der Waals surface area contributed by atoms with Crippen LogP contribution in [-0.4, -0.2) is 41.4 Å². The van der Waals surface area contributed by atoms with Crippen LogP contribution in [0.5, 0.6) is 0 Å². The number of nitrogens with one attached hydrogen (secondary N) is 1. The van der Waals surface area contributed by atoms with Gasteiger partial charge in [-0.2, -0.15) is 5.26 Å². The van der Waals surface area contributed by atoms with Crippen molar-refractivity contribution in [1.29, 1.82) is 5.26 Å². The summed E-state index contributed by atoms with van der Waals surface area (Å²) in [5.74, 6) is 0.665. The van der Waals surface area contributed by atoms with Crippen molar-refractivity contribution in [3.63, 3.8) is 0 Å². The molecule has 1 aromatic carbocycles. The van der Waals surface area contributed by atoms with E-state index < -0.39 is 23.8 Å². The summed E-state index contributed by atoms with van der Waals surface area (Å²) in [5, 5.41) is 11.0. The Balaban J connectivity index is 1.24. The molecule has 0 radical (unpaired) electrons. The summed E-state index contributed by atoms with van der Waals surface area (Å²) >= 11 is 0. The van der Waals surface area contributed by atoms with Gasteiger partial charge in [-0.1, -0.05) is 12.1 Å². The molecule has 1 N–H and O–H groups in total. The first kappa shape index (κ1) is 25.1. The molecule has 1 atom stereocenters. The van der Waals surface area contributed by atoms with Crippen LogP contribution < -0.4 is 5.32 Å². The minimum Gasteiger partial charge on any atom is -0.457 e. The lowest BCUT2D eigenvalue weighted by molar-refractivity contribution is -0.139. The Hall–Kier alpha value is -4.19. The van der Waals surface area contributed by atoms with E-state index >= 15 is 0 Å². The Bertz CT molecular complexity index is 1410. The fourth-order valence-electron chi connectivity index (χ4n) is 7.69. The molecule has 5 aliphatic rings. The van der Waals surface area contributed by atoms with Crippen molar-refractivity contribution >= 4 is 29.9 Å². The summed E-state index contributed by atoms with van der Waals surface area (Å²) < 4.78 is 10.7. The third kappa shape index (κ3) is 4.44. The fraction of sp³-hybridized carbons (Fsp3) is 0.433. The van der Waals surface area contributed by atoms with Crippen LogP contribution in [0.25, 0.3) is 17.4 Å². The molecule has 4 aliphatic carbocycles. The molecule has 200 valence electrons. The first-order chi connectivity index (χ1) is 18.8. The first-order valence-corrected chi connectivity index (χ1v) is 13.4. The topological polar surface area (TPSA) is 130 Å². The van der Waals surface area contributed by atoms with E-state index in [4.69, 9.17) is 14.4 Å². The van der Waals surface area contributed by atoms with Gasteiger partial charge in [-0.05, 0) is 99.0 Å². The van der Waals surface area contributed by atoms with Gasteiger partial charge in [0, 0.05) is 11.6 Å². The van der Waals surface area contributed by atoms with Crippen LogP contribution in [0.2, 0.25) is 0 Å². The van der Waals surface area contributed by atoms with Crippen LogP contribution >= 0.6 is 0 Å². The highest BCUT2D eigenvalue weighted by Gasteiger charge is 2.56. The number of urea groups is 1. The Morgan fingerprint density at radius 2 is 1.85 bits per heavy atom. The van der Waals surface area contributed by atoms with Crippen molar-refractivity contribution in [2.45, 2.75) is 51.5 Å². The molecule has 4 saturated carbocycles. The Morgan fingerprint density at radius 3 is 2.51 bits per heavy atom. The van der Waals surface area contributed by atoms with Crippen molar-refractivity contribution in [1.82, 2.24) is 10.2 Å². The second-order valence-corrected chi connectivity index (χ2v) is 11.5. The van der Waals surface area contributed by atoms with E-state index in [1.165, 1.54) is 30.2 Å². The quantitative estimate of drug-likeness (QED) is 0.328. The molecule has 1 unspecified atom stereocenters. The van der Waals surface area contributed by atoms with Gasteiger partial charge in [0.15, 0.2) is 6.61 Å². The van der Waals surface area contributed by atoms with E-state index in [0.717, 1.165) is 19.3 Å². The number of esters is 1. The lowest BCUT2D eigenvalue weighted by Gasteiger charge is -2.60. The molecule has 4 amide bonds. The average Bonchev–Trinajstić information content (AvgIpc) is 3.37. The minimum atomic E-state index is -0.751. The molecule has 1 saturated heterocycles. The van der Waals surface area contributed by atoms with Crippen LogP contribution in [0.15, 0.2) is 46.4 Å². The molecular weight excluding hydrogens is 498 g/mol. The van der Waals surface area contributed by atoms with Gasteiger partial charge in [-0.3, -0.25) is 19.8 Å². The lowest BCUT2D eigenvalue weighted by atomic mass is 9.47. The van der Waals surface area contributed by atoms with Crippen LogP contribution in [0.4, 0.5) is 4.79 Å². The second kappa shape index (κ2) is 9.53. The van der Waals surface area contributed by atoms with Crippen LogP contribution in [-0.2, 0) is 14.3 Å². The van der Waals surface area contributed by atoms with Crippen LogP contribution in [0, 0.1) is 34.5 Å². The SMILES string of the molecule is CC(N1C(=O)NC(=O)C(=Cc2ccc(-c3cccc(C(=O)OCC#N)c3)o2)C1=O)C12CC3CC(CC(C3)C1)C2. The standard InChI is InChI=1S/C30H29N3O6/c1-17(30-14-18-9-19(15-30)11-20(10-18)16-30)33-27(35)24(26(34)32-29(33)37)13-23-5-6-25(39-23)21-3-2-4-22(12-21)28(36)38-8-7-31/h2-6,12-13,17-20H,8-11,14-16H2,1H3,(H,32,34,37). The van der Waals surface area contributed by atoms with Gasteiger partial charge in [-0.15, -0.1) is 0 Å². The number of carbonyl (C=O) groups is 4. The van der Waals surface area contributed by atoms with E-state index in [1.54, 1.807) is 42.5 Å². The molecule has 9 heteroatoms. The molecule has 2 aromatic rings. The molecule has 9 nitrogen and oxygen atoms in total. The number of nitrogens with zero attached hydrogens (tertiary/aromatic N) is 2. The third-order valence-corrected chi connectivity index (χ3v) is 9.06. The smallest absolute Gasteiger partial charge is 0.339 e. The van der Waals surface area contributed by atoms with E-state index in [9.17, 15) is 19.2 Å². The van der Waals surface area contributed by atoms with Crippen molar-refractivity contribution in [2.75, 3.05) is 6.61 Å². The normalized spacial score (nSPS) is 29.3. The van der Waals surface area contributed by atoms with E-state index in [2.05, 4.69) is 5.32 Å². The number of hydrogen-bond acceptors (Lipinski definition) is 7. The molecule has 5 fully saturated rings. The number of rotatable bonds is 6. The number of furan rings is 1. The molecule has 1 aliphatic heterocycles. The highest BCUT2D eigenvalue weighted by atomic mass is 16.5. The average molecular weight is 528 g/mol. The van der Waals surface area contributed by atoms with E-state index in [1.807, 2.05) is 6.92 Å². The van der Waals surface area contributed by atoms with Crippen molar-refractivity contribution in [2.24, 2.45) is 23.2 Å². The van der Waals surface area contributed by atoms with Gasteiger partial charge in [-0.25, -0.2) is 9.59 Å². The first-order valence-electron chi connectivity index (χ1n) is 13.4. The molecule has 39 heavy (non-hydrogen) atoms. The van der Waals surface area contributed by atoms with Gasteiger partial charge < -0.3 is 9.15 Å². The summed E-state index contributed by atoms with van der Waals surface area (Å²) in [6, 6.07) is 10.6. The lowest BCUT2D eigenvalue weighted by Crippen LogP contribution is -2.63. The van der Waals surface area contributed by atoms with Gasteiger partial charge >= 0.3 is 12.0 Å². The molecule has 0 spiro atoms. The zero-order valence-corrected chi connectivity index (χ0v) is 21.6. The zero-order chi connectivity index (χ0) is 27.3.